The van der Waals surface area contributed by atoms with Gasteiger partial charge in [-0.15, -0.1) is 0 Å². The lowest BCUT2D eigenvalue weighted by Gasteiger charge is -2.16. The van der Waals surface area contributed by atoms with Crippen molar-refractivity contribution >= 4 is 17.3 Å². The van der Waals surface area contributed by atoms with Crippen LogP contribution in [0.3, 0.4) is 0 Å². The topological polar surface area (TPSA) is 85.2 Å². The van der Waals surface area contributed by atoms with Gasteiger partial charge in [-0.25, -0.2) is 8.78 Å². The summed E-state index contributed by atoms with van der Waals surface area (Å²) in [6, 6.07) is 26.6. The average Bonchev–Trinajstić information content (AvgIpc) is 2.97. The molecule has 5 aromatic rings. The van der Waals surface area contributed by atoms with Gasteiger partial charge in [-0.05, 0) is 79.2 Å². The van der Waals surface area contributed by atoms with E-state index in [1.807, 2.05) is 37.3 Å². The molecular weight excluding hydrogens is 514 g/mol. The lowest BCUT2D eigenvalue weighted by Crippen LogP contribution is -2.26. The predicted molar refractivity (Wildman–Crippen MR) is 148 cm³/mol. The van der Waals surface area contributed by atoms with Crippen molar-refractivity contribution in [3.05, 3.63) is 142 Å². The van der Waals surface area contributed by atoms with Crippen LogP contribution in [0, 0.1) is 11.6 Å². The lowest BCUT2D eigenvalue weighted by molar-refractivity contribution is 0.0940. The van der Waals surface area contributed by atoms with E-state index < -0.39 is 17.2 Å². The summed E-state index contributed by atoms with van der Waals surface area (Å²) in [6.07, 6.45) is 1.33. The molecule has 0 saturated heterocycles. The quantitative estimate of drug-likeness (QED) is 0.234. The number of aromatic nitrogens is 2. The van der Waals surface area contributed by atoms with Gasteiger partial charge in [0, 0.05) is 11.3 Å². The second kappa shape index (κ2) is 11.6. The van der Waals surface area contributed by atoms with Gasteiger partial charge in [-0.2, -0.15) is 9.78 Å². The van der Waals surface area contributed by atoms with Crippen molar-refractivity contribution < 1.29 is 18.3 Å². The van der Waals surface area contributed by atoms with Crippen molar-refractivity contribution in [3.63, 3.8) is 0 Å². The van der Waals surface area contributed by atoms with Crippen LogP contribution >= 0.6 is 0 Å². The van der Waals surface area contributed by atoms with Crippen molar-refractivity contribution in [1.29, 1.82) is 0 Å². The highest BCUT2D eigenvalue weighted by molar-refractivity contribution is 5.95. The van der Waals surface area contributed by atoms with Crippen LogP contribution in [0.25, 0.3) is 5.69 Å². The van der Waals surface area contributed by atoms with Crippen LogP contribution in [0.2, 0.25) is 0 Å². The van der Waals surface area contributed by atoms with Crippen LogP contribution in [-0.2, 0) is 0 Å². The number of halogens is 2. The van der Waals surface area contributed by atoms with Crippen molar-refractivity contribution in [2.75, 3.05) is 5.32 Å². The Hall–Kier alpha value is -5.31. The largest absolute Gasteiger partial charge is 0.453 e. The normalized spacial score (nSPS) is 11.5. The summed E-state index contributed by atoms with van der Waals surface area (Å²) in [7, 11) is 0. The highest BCUT2D eigenvalue weighted by atomic mass is 19.1. The molecule has 1 atom stereocenters. The van der Waals surface area contributed by atoms with E-state index in [1.165, 1.54) is 54.7 Å². The Bertz CT molecular complexity index is 1690. The van der Waals surface area contributed by atoms with E-state index in [-0.39, 0.29) is 29.1 Å². The summed E-state index contributed by atoms with van der Waals surface area (Å²) in [6.45, 7) is 1.89. The summed E-state index contributed by atoms with van der Waals surface area (Å²) in [5.41, 5.74) is 1.55. The molecule has 5 rings (SSSR count). The SMILES string of the molecule is CC(NC(=O)c1cccc(Nc2c(Oc3ccc(F)cc3)cnn(-c3ccc(F)cc3)c2=O)c1)c1ccccc1. The maximum Gasteiger partial charge on any atom is 0.299 e. The van der Waals surface area contributed by atoms with E-state index in [1.54, 1.807) is 24.3 Å². The fraction of sp³-hybridized carbons (Fsp3) is 0.0645. The molecular formula is C31H24F2N4O3. The molecule has 0 radical (unpaired) electrons. The molecule has 0 aliphatic rings. The third-order valence-electron chi connectivity index (χ3n) is 6.10. The van der Waals surface area contributed by atoms with Gasteiger partial charge in [-0.1, -0.05) is 36.4 Å². The number of anilines is 2. The number of hydrogen-bond donors (Lipinski definition) is 2. The molecule has 1 unspecified atom stereocenters. The van der Waals surface area contributed by atoms with Crippen molar-refractivity contribution in [1.82, 2.24) is 15.1 Å². The summed E-state index contributed by atoms with van der Waals surface area (Å²) in [5, 5.41) is 10.2. The first kappa shape index (κ1) is 26.3. The Morgan fingerprint density at radius 1 is 0.875 bits per heavy atom. The summed E-state index contributed by atoms with van der Waals surface area (Å²) < 4.78 is 33.9. The molecule has 4 aromatic carbocycles. The van der Waals surface area contributed by atoms with Crippen molar-refractivity contribution in [2.24, 2.45) is 0 Å². The third kappa shape index (κ3) is 6.05. The van der Waals surface area contributed by atoms with Gasteiger partial charge in [0.05, 0.1) is 17.9 Å². The lowest BCUT2D eigenvalue weighted by atomic mass is 10.1. The molecule has 0 bridgehead atoms. The molecule has 1 heterocycles. The van der Waals surface area contributed by atoms with E-state index in [0.29, 0.717) is 16.9 Å². The number of nitrogens with zero attached hydrogens (tertiary/aromatic N) is 2. The fourth-order valence-electron chi connectivity index (χ4n) is 4.01. The molecule has 40 heavy (non-hydrogen) atoms. The minimum Gasteiger partial charge on any atom is -0.453 e. The van der Waals surface area contributed by atoms with Gasteiger partial charge in [-0.3, -0.25) is 9.59 Å². The molecule has 200 valence electrons. The smallest absolute Gasteiger partial charge is 0.299 e. The van der Waals surface area contributed by atoms with Gasteiger partial charge < -0.3 is 15.4 Å². The maximum atomic E-state index is 13.6. The number of carbonyl (C=O) groups excluding carboxylic acids is 1. The first-order valence-electron chi connectivity index (χ1n) is 12.4. The van der Waals surface area contributed by atoms with Gasteiger partial charge in [0.2, 0.25) is 0 Å². The molecule has 1 aromatic heterocycles. The Morgan fingerprint density at radius 3 is 2.25 bits per heavy atom. The second-order valence-electron chi connectivity index (χ2n) is 8.94. The van der Waals surface area contributed by atoms with Gasteiger partial charge in [0.1, 0.15) is 17.4 Å². The number of ether oxygens (including phenoxy) is 1. The summed E-state index contributed by atoms with van der Waals surface area (Å²) in [4.78, 5) is 26.6. The van der Waals surface area contributed by atoms with E-state index >= 15 is 0 Å². The number of hydrogen-bond acceptors (Lipinski definition) is 5. The first-order valence-corrected chi connectivity index (χ1v) is 12.4. The second-order valence-corrected chi connectivity index (χ2v) is 8.94. The van der Waals surface area contributed by atoms with E-state index in [4.69, 9.17) is 4.74 Å². The molecule has 0 saturated carbocycles. The first-order chi connectivity index (χ1) is 19.4. The van der Waals surface area contributed by atoms with Gasteiger partial charge in [0.25, 0.3) is 11.5 Å². The van der Waals surface area contributed by atoms with Crippen LogP contribution in [-0.4, -0.2) is 15.7 Å². The molecule has 7 nitrogen and oxygen atoms in total. The van der Waals surface area contributed by atoms with Crippen LogP contribution < -0.4 is 20.9 Å². The summed E-state index contributed by atoms with van der Waals surface area (Å²) in [5.74, 6) is -0.827. The molecule has 0 aliphatic carbocycles. The highest BCUT2D eigenvalue weighted by Gasteiger charge is 2.17. The predicted octanol–water partition coefficient (Wildman–Crippen LogP) is 6.54. The van der Waals surface area contributed by atoms with E-state index in [2.05, 4.69) is 15.7 Å². The fourth-order valence-corrected chi connectivity index (χ4v) is 4.01. The van der Waals surface area contributed by atoms with Gasteiger partial charge >= 0.3 is 0 Å². The Balaban J connectivity index is 1.47. The number of amides is 1. The standard InChI is InChI=1S/C31H24F2N4O3/c1-20(21-6-3-2-4-7-21)35-30(38)22-8-5-9-25(18-22)36-29-28(40-27-16-12-24(33)13-17-27)19-34-37(31(29)39)26-14-10-23(32)11-15-26/h2-20,36H,1H3,(H,35,38). The maximum absolute atomic E-state index is 13.6. The monoisotopic (exact) mass is 538 g/mol. The Labute approximate surface area is 228 Å². The summed E-state index contributed by atoms with van der Waals surface area (Å²) >= 11 is 0. The zero-order chi connectivity index (χ0) is 28.1. The van der Waals surface area contributed by atoms with Crippen LogP contribution in [0.4, 0.5) is 20.2 Å². The number of carbonyl (C=O) groups is 1. The average molecular weight is 539 g/mol. The van der Waals surface area contributed by atoms with Gasteiger partial charge in [0.15, 0.2) is 11.4 Å². The molecule has 9 heteroatoms. The highest BCUT2D eigenvalue weighted by Crippen LogP contribution is 2.29. The van der Waals surface area contributed by atoms with E-state index in [0.717, 1.165) is 10.2 Å². The zero-order valence-corrected chi connectivity index (χ0v) is 21.3. The minimum absolute atomic E-state index is 0.0128. The van der Waals surface area contributed by atoms with Crippen molar-refractivity contribution in [3.8, 4) is 17.2 Å². The third-order valence-corrected chi connectivity index (χ3v) is 6.10. The van der Waals surface area contributed by atoms with Crippen LogP contribution in [0.5, 0.6) is 11.5 Å². The van der Waals surface area contributed by atoms with E-state index in [9.17, 15) is 18.4 Å². The Morgan fingerprint density at radius 2 is 1.55 bits per heavy atom. The van der Waals surface area contributed by atoms with Crippen LogP contribution in [0.1, 0.15) is 28.9 Å². The number of benzene rings is 4. The number of nitrogens with one attached hydrogen (secondary N) is 2. The minimum atomic E-state index is -0.584. The molecule has 0 fully saturated rings. The van der Waals surface area contributed by atoms with Crippen molar-refractivity contribution in [2.45, 2.75) is 13.0 Å². The molecule has 2 N–H and O–H groups in total. The zero-order valence-electron chi connectivity index (χ0n) is 21.3. The van der Waals surface area contributed by atoms with Crippen LogP contribution in [0.15, 0.2) is 114 Å². The molecule has 0 aliphatic heterocycles. The molecule has 0 spiro atoms. The Kier molecular flexibility index (Phi) is 7.63. The molecule has 1 amide bonds. The number of rotatable bonds is 8.